The predicted octanol–water partition coefficient (Wildman–Crippen LogP) is 0.922. The van der Waals surface area contributed by atoms with Crippen molar-refractivity contribution in [2.45, 2.75) is 0 Å². The first-order valence-electron chi connectivity index (χ1n) is 4.95. The van der Waals surface area contributed by atoms with E-state index < -0.39 is 11.7 Å². The number of carbonyl (C=O) groups is 1. The fourth-order valence-corrected chi connectivity index (χ4v) is 1.15. The highest BCUT2D eigenvalue weighted by molar-refractivity contribution is 5.91. The van der Waals surface area contributed by atoms with Crippen LogP contribution >= 0.6 is 0 Å². The molecule has 3 N–H and O–H groups in total. The van der Waals surface area contributed by atoms with Crippen LogP contribution in [0.1, 0.15) is 10.5 Å². The van der Waals surface area contributed by atoms with Gasteiger partial charge in [-0.25, -0.2) is 14.4 Å². The Kier molecular flexibility index (Phi) is 3.33. The summed E-state index contributed by atoms with van der Waals surface area (Å²) in [6, 6.07) is 5.25. The molecule has 0 bridgehead atoms. The predicted molar refractivity (Wildman–Crippen MR) is 60.9 cm³/mol. The molecule has 7 heteroatoms. The molecule has 2 rings (SSSR count). The number of anilines is 1. The van der Waals surface area contributed by atoms with Crippen LogP contribution in [-0.4, -0.2) is 15.9 Å². The number of hydroxylamine groups is 1. The van der Waals surface area contributed by atoms with Crippen LogP contribution in [0.4, 0.5) is 10.1 Å². The van der Waals surface area contributed by atoms with E-state index in [0.29, 0.717) is 0 Å². The monoisotopic (exact) mass is 248 g/mol. The van der Waals surface area contributed by atoms with Crippen LogP contribution in [0.3, 0.4) is 0 Å². The van der Waals surface area contributed by atoms with Crippen molar-refractivity contribution in [1.29, 1.82) is 0 Å². The molecule has 0 saturated heterocycles. The number of nitrogens with zero attached hydrogens (tertiary/aromatic N) is 2. The minimum absolute atomic E-state index is 0.00415. The topological polar surface area (TPSA) is 90.1 Å². The zero-order valence-electron chi connectivity index (χ0n) is 9.13. The Bertz CT molecular complexity index is 562. The molecule has 6 nitrogen and oxygen atoms in total. The van der Waals surface area contributed by atoms with Crippen LogP contribution in [0.15, 0.2) is 36.8 Å². The standard InChI is InChI=1S/C11H9FN4O2/c12-8-5-7(1-2-9(8)13)18-16-11(17)10-3-4-14-6-15-10/h1-6H,13H2,(H,16,17). The minimum atomic E-state index is -0.621. The van der Waals surface area contributed by atoms with Crippen molar-refractivity contribution in [3.05, 3.63) is 48.3 Å². The lowest BCUT2D eigenvalue weighted by Crippen LogP contribution is -2.27. The van der Waals surface area contributed by atoms with Gasteiger partial charge in [-0.05, 0) is 18.2 Å². The van der Waals surface area contributed by atoms with E-state index in [9.17, 15) is 9.18 Å². The first-order chi connectivity index (χ1) is 8.66. The summed E-state index contributed by atoms with van der Waals surface area (Å²) in [6.45, 7) is 0. The van der Waals surface area contributed by atoms with Gasteiger partial charge in [-0.3, -0.25) is 4.79 Å². The molecule has 1 amide bonds. The van der Waals surface area contributed by atoms with Crippen molar-refractivity contribution in [2.24, 2.45) is 0 Å². The van der Waals surface area contributed by atoms with Crippen molar-refractivity contribution in [2.75, 3.05) is 5.73 Å². The largest absolute Gasteiger partial charge is 0.396 e. The molecule has 0 atom stereocenters. The molecule has 0 saturated carbocycles. The number of hydrogen-bond donors (Lipinski definition) is 2. The van der Waals surface area contributed by atoms with Gasteiger partial charge in [0.15, 0.2) is 5.75 Å². The van der Waals surface area contributed by atoms with Crippen LogP contribution in [-0.2, 0) is 0 Å². The number of benzene rings is 1. The van der Waals surface area contributed by atoms with Gasteiger partial charge in [0.2, 0.25) is 0 Å². The van der Waals surface area contributed by atoms with Crippen LogP contribution in [0, 0.1) is 5.82 Å². The summed E-state index contributed by atoms with van der Waals surface area (Å²) in [4.78, 5) is 23.8. The fraction of sp³-hybridized carbons (Fsp3) is 0. The van der Waals surface area contributed by atoms with E-state index in [1.54, 1.807) is 0 Å². The Hall–Kier alpha value is -2.70. The lowest BCUT2D eigenvalue weighted by molar-refractivity contribution is 0.0753. The molecular formula is C11H9FN4O2. The van der Waals surface area contributed by atoms with Crippen LogP contribution in [0.5, 0.6) is 5.75 Å². The van der Waals surface area contributed by atoms with Gasteiger partial charge < -0.3 is 10.6 Å². The number of halogens is 1. The second kappa shape index (κ2) is 5.09. The van der Waals surface area contributed by atoms with Crippen molar-refractivity contribution in [1.82, 2.24) is 15.4 Å². The van der Waals surface area contributed by atoms with Gasteiger partial charge in [0, 0.05) is 12.3 Å². The SMILES string of the molecule is Nc1ccc(ONC(=O)c2ccncn2)cc1F. The van der Waals surface area contributed by atoms with Gasteiger partial charge >= 0.3 is 5.91 Å². The molecule has 18 heavy (non-hydrogen) atoms. The summed E-state index contributed by atoms with van der Waals surface area (Å²) >= 11 is 0. The highest BCUT2D eigenvalue weighted by atomic mass is 19.1. The summed E-state index contributed by atoms with van der Waals surface area (Å²) in [5.41, 5.74) is 7.57. The number of nitrogens with two attached hydrogens (primary N) is 1. The first kappa shape index (κ1) is 11.8. The molecule has 2 aromatic rings. The van der Waals surface area contributed by atoms with Gasteiger partial charge in [-0.2, -0.15) is 5.48 Å². The lowest BCUT2D eigenvalue weighted by atomic mass is 10.3. The third-order valence-corrected chi connectivity index (χ3v) is 2.05. The number of aromatic nitrogens is 2. The molecule has 0 fully saturated rings. The Morgan fingerprint density at radius 2 is 2.22 bits per heavy atom. The summed E-state index contributed by atoms with van der Waals surface area (Å²) in [5, 5.41) is 0. The van der Waals surface area contributed by atoms with Gasteiger partial charge in [0.05, 0.1) is 5.69 Å². The Morgan fingerprint density at radius 3 is 2.89 bits per heavy atom. The van der Waals surface area contributed by atoms with E-state index in [2.05, 4.69) is 15.4 Å². The summed E-state index contributed by atoms with van der Waals surface area (Å²) in [6.07, 6.45) is 2.66. The van der Waals surface area contributed by atoms with Crippen molar-refractivity contribution in [3.63, 3.8) is 0 Å². The summed E-state index contributed by atoms with van der Waals surface area (Å²) in [5.74, 6) is -1.05. The fourth-order valence-electron chi connectivity index (χ4n) is 1.15. The number of carbonyl (C=O) groups excluding carboxylic acids is 1. The first-order valence-corrected chi connectivity index (χ1v) is 4.95. The normalized spacial score (nSPS) is 9.83. The molecule has 1 aromatic heterocycles. The van der Waals surface area contributed by atoms with Crippen molar-refractivity contribution < 1.29 is 14.0 Å². The van der Waals surface area contributed by atoms with E-state index >= 15 is 0 Å². The van der Waals surface area contributed by atoms with Gasteiger partial charge in [0.1, 0.15) is 17.8 Å². The second-order valence-electron chi connectivity index (χ2n) is 3.31. The molecular weight excluding hydrogens is 239 g/mol. The number of rotatable bonds is 3. The number of hydrogen-bond acceptors (Lipinski definition) is 5. The maximum Gasteiger partial charge on any atom is 0.302 e. The average Bonchev–Trinajstić information content (AvgIpc) is 2.41. The summed E-state index contributed by atoms with van der Waals surface area (Å²) in [7, 11) is 0. The van der Waals surface area contributed by atoms with E-state index in [0.717, 1.165) is 6.07 Å². The quantitative estimate of drug-likeness (QED) is 0.622. The van der Waals surface area contributed by atoms with Gasteiger partial charge in [-0.1, -0.05) is 0 Å². The smallest absolute Gasteiger partial charge is 0.302 e. The lowest BCUT2D eigenvalue weighted by Gasteiger charge is -2.06. The molecule has 1 aromatic carbocycles. The van der Waals surface area contributed by atoms with Gasteiger partial charge in [-0.15, -0.1) is 0 Å². The highest BCUT2D eigenvalue weighted by Crippen LogP contribution is 2.17. The number of nitrogens with one attached hydrogen (secondary N) is 1. The third-order valence-electron chi connectivity index (χ3n) is 2.05. The molecule has 0 spiro atoms. The Balaban J connectivity index is 1.99. The molecule has 1 heterocycles. The zero-order chi connectivity index (χ0) is 13.0. The van der Waals surface area contributed by atoms with Crippen LogP contribution < -0.4 is 16.1 Å². The van der Waals surface area contributed by atoms with E-state index in [4.69, 9.17) is 10.6 Å². The van der Waals surface area contributed by atoms with Crippen LogP contribution in [0.2, 0.25) is 0 Å². The molecule has 0 aliphatic heterocycles. The molecule has 0 radical (unpaired) electrons. The molecule has 92 valence electrons. The highest BCUT2D eigenvalue weighted by Gasteiger charge is 2.07. The summed E-state index contributed by atoms with van der Waals surface area (Å²) < 4.78 is 13.1. The molecule has 0 unspecified atom stereocenters. The van der Waals surface area contributed by atoms with E-state index in [-0.39, 0.29) is 17.1 Å². The maximum atomic E-state index is 13.1. The Morgan fingerprint density at radius 1 is 1.39 bits per heavy atom. The minimum Gasteiger partial charge on any atom is -0.396 e. The van der Waals surface area contributed by atoms with Crippen molar-refractivity contribution in [3.8, 4) is 5.75 Å². The average molecular weight is 248 g/mol. The van der Waals surface area contributed by atoms with Crippen LogP contribution in [0.25, 0.3) is 0 Å². The Labute approximate surface area is 102 Å². The van der Waals surface area contributed by atoms with Gasteiger partial charge in [0.25, 0.3) is 0 Å². The maximum absolute atomic E-state index is 13.1. The van der Waals surface area contributed by atoms with E-state index in [1.165, 1.54) is 30.7 Å². The second-order valence-corrected chi connectivity index (χ2v) is 3.31. The molecule has 0 aliphatic carbocycles. The molecule has 0 aliphatic rings. The number of amides is 1. The zero-order valence-corrected chi connectivity index (χ0v) is 9.13. The van der Waals surface area contributed by atoms with Crippen molar-refractivity contribution >= 4 is 11.6 Å². The third kappa shape index (κ3) is 2.70. The number of nitrogen functional groups attached to an aromatic ring is 1. The van der Waals surface area contributed by atoms with E-state index in [1.807, 2.05) is 0 Å².